The van der Waals surface area contributed by atoms with Gasteiger partial charge in [-0.2, -0.15) is 3.97 Å². The Labute approximate surface area is 161 Å². The lowest BCUT2D eigenvalue weighted by atomic mass is 10.3. The van der Waals surface area contributed by atoms with Crippen molar-refractivity contribution in [3.8, 4) is 0 Å². The second-order valence-electron chi connectivity index (χ2n) is 6.15. The van der Waals surface area contributed by atoms with Crippen molar-refractivity contribution in [3.05, 3.63) is 64.8 Å². The summed E-state index contributed by atoms with van der Waals surface area (Å²) in [6.45, 7) is 4.35. The average Bonchev–Trinajstić information content (AvgIpc) is 2.95. The summed E-state index contributed by atoms with van der Waals surface area (Å²) in [5.74, 6) is -0.868. The van der Waals surface area contributed by atoms with Crippen LogP contribution in [0.15, 0.2) is 58.2 Å². The molecule has 0 aliphatic heterocycles. The van der Waals surface area contributed by atoms with Crippen LogP contribution in [-0.2, 0) is 21.4 Å². The second kappa shape index (κ2) is 7.59. The van der Waals surface area contributed by atoms with E-state index in [4.69, 9.17) is 0 Å². The Bertz CT molecular complexity index is 1180. The van der Waals surface area contributed by atoms with Crippen LogP contribution in [0.1, 0.15) is 13.8 Å². The predicted molar refractivity (Wildman–Crippen MR) is 103 cm³/mol. The Hall–Kier alpha value is -2.94. The summed E-state index contributed by atoms with van der Waals surface area (Å²) >= 11 is 0. The van der Waals surface area contributed by atoms with Gasteiger partial charge in [0.15, 0.2) is 0 Å². The largest absolute Gasteiger partial charge is 0.343 e. The van der Waals surface area contributed by atoms with Gasteiger partial charge in [-0.15, -0.1) is 0 Å². The third kappa shape index (κ3) is 3.33. The van der Waals surface area contributed by atoms with Gasteiger partial charge in [-0.3, -0.25) is 9.36 Å². The third-order valence-corrected chi connectivity index (χ3v) is 6.26. The molecular formula is C19H20FN3O4S. The number of carbonyl (C=O) groups is 1. The molecule has 3 aromatic rings. The maximum atomic E-state index is 13.2. The van der Waals surface area contributed by atoms with Crippen molar-refractivity contribution in [2.75, 3.05) is 13.1 Å². The first-order chi connectivity index (χ1) is 13.3. The fourth-order valence-corrected chi connectivity index (χ4v) is 4.50. The van der Waals surface area contributed by atoms with Crippen molar-refractivity contribution in [1.29, 1.82) is 0 Å². The van der Waals surface area contributed by atoms with Crippen molar-refractivity contribution in [1.82, 2.24) is 13.4 Å². The van der Waals surface area contributed by atoms with Crippen molar-refractivity contribution in [3.63, 3.8) is 0 Å². The highest BCUT2D eigenvalue weighted by Gasteiger charge is 2.26. The van der Waals surface area contributed by atoms with E-state index in [0.29, 0.717) is 22.6 Å². The van der Waals surface area contributed by atoms with E-state index in [1.54, 1.807) is 23.1 Å². The quantitative estimate of drug-likeness (QED) is 0.629. The molecule has 0 aliphatic rings. The fourth-order valence-electron chi connectivity index (χ4n) is 3.09. The van der Waals surface area contributed by atoms with Gasteiger partial charge in [0.25, 0.3) is 10.0 Å². The number of aromatic nitrogens is 2. The molecule has 0 bridgehead atoms. The molecule has 0 unspecified atom stereocenters. The maximum Gasteiger partial charge on any atom is 0.343 e. The first-order valence-electron chi connectivity index (χ1n) is 8.80. The van der Waals surface area contributed by atoms with Gasteiger partial charge in [-0.05, 0) is 50.2 Å². The van der Waals surface area contributed by atoms with Gasteiger partial charge in [-0.25, -0.2) is 17.6 Å². The van der Waals surface area contributed by atoms with Crippen LogP contribution in [0.2, 0.25) is 0 Å². The van der Waals surface area contributed by atoms with Gasteiger partial charge < -0.3 is 4.90 Å². The zero-order valence-electron chi connectivity index (χ0n) is 15.5. The van der Waals surface area contributed by atoms with Gasteiger partial charge >= 0.3 is 5.69 Å². The molecule has 0 saturated heterocycles. The summed E-state index contributed by atoms with van der Waals surface area (Å²) in [4.78, 5) is 26.9. The molecule has 7 nitrogen and oxygen atoms in total. The minimum Gasteiger partial charge on any atom is -0.342 e. The molecule has 0 spiro atoms. The number of fused-ring (bicyclic) bond motifs is 1. The lowest BCUT2D eigenvalue weighted by Gasteiger charge is -2.18. The van der Waals surface area contributed by atoms with Crippen LogP contribution >= 0.6 is 0 Å². The van der Waals surface area contributed by atoms with Crippen LogP contribution in [0, 0.1) is 5.82 Å². The SMILES string of the molecule is CCN(CC)C(=O)Cn1c(=O)n(S(=O)(=O)c2ccc(F)cc2)c2ccccc21. The number of para-hydroxylation sites is 2. The van der Waals surface area contributed by atoms with Crippen molar-refractivity contribution >= 4 is 27.0 Å². The van der Waals surface area contributed by atoms with Crippen LogP contribution in [-0.4, -0.2) is 40.9 Å². The van der Waals surface area contributed by atoms with E-state index in [1.165, 1.54) is 6.07 Å². The minimum absolute atomic E-state index is 0.157. The zero-order chi connectivity index (χ0) is 20.5. The van der Waals surface area contributed by atoms with E-state index in [1.807, 2.05) is 13.8 Å². The number of carbonyl (C=O) groups excluding carboxylic acids is 1. The van der Waals surface area contributed by atoms with Crippen molar-refractivity contribution in [2.45, 2.75) is 25.3 Å². The van der Waals surface area contributed by atoms with E-state index >= 15 is 0 Å². The maximum absolute atomic E-state index is 13.2. The van der Waals surface area contributed by atoms with Crippen LogP contribution in [0.25, 0.3) is 11.0 Å². The zero-order valence-corrected chi connectivity index (χ0v) is 16.3. The molecule has 0 aliphatic carbocycles. The van der Waals surface area contributed by atoms with E-state index in [-0.39, 0.29) is 22.9 Å². The van der Waals surface area contributed by atoms with Crippen LogP contribution in [0.5, 0.6) is 0 Å². The molecule has 2 aromatic carbocycles. The molecule has 0 fully saturated rings. The molecule has 1 heterocycles. The minimum atomic E-state index is -4.27. The fraction of sp³-hybridized carbons (Fsp3) is 0.263. The number of amides is 1. The van der Waals surface area contributed by atoms with Crippen LogP contribution in [0.3, 0.4) is 0 Å². The number of halogens is 1. The molecule has 9 heteroatoms. The Morgan fingerprint density at radius 3 is 2.14 bits per heavy atom. The molecule has 28 heavy (non-hydrogen) atoms. The van der Waals surface area contributed by atoms with Crippen LogP contribution < -0.4 is 5.69 Å². The van der Waals surface area contributed by atoms with Gasteiger partial charge in [0, 0.05) is 13.1 Å². The molecule has 0 saturated carbocycles. The van der Waals surface area contributed by atoms with Crippen molar-refractivity contribution < 1.29 is 17.6 Å². The summed E-state index contributed by atoms with van der Waals surface area (Å²) in [5.41, 5.74) is -0.353. The van der Waals surface area contributed by atoms with E-state index < -0.39 is 21.5 Å². The van der Waals surface area contributed by atoms with Gasteiger partial charge in [0.1, 0.15) is 12.4 Å². The van der Waals surface area contributed by atoms with E-state index in [2.05, 4.69) is 0 Å². The first-order valence-corrected chi connectivity index (χ1v) is 10.2. The summed E-state index contributed by atoms with van der Waals surface area (Å²) in [6.07, 6.45) is 0. The van der Waals surface area contributed by atoms with Crippen LogP contribution in [0.4, 0.5) is 4.39 Å². The van der Waals surface area contributed by atoms with Gasteiger partial charge in [-0.1, -0.05) is 12.1 Å². The number of rotatable bonds is 6. The van der Waals surface area contributed by atoms with Gasteiger partial charge in [0.2, 0.25) is 5.91 Å². The number of benzene rings is 2. The molecule has 0 radical (unpaired) electrons. The Morgan fingerprint density at radius 1 is 1.00 bits per heavy atom. The number of hydrogen-bond acceptors (Lipinski definition) is 4. The number of imidazole rings is 1. The summed E-state index contributed by atoms with van der Waals surface area (Å²) < 4.78 is 41.1. The Balaban J connectivity index is 2.20. The highest BCUT2D eigenvalue weighted by Crippen LogP contribution is 2.20. The number of nitrogens with zero attached hydrogens (tertiary/aromatic N) is 3. The topological polar surface area (TPSA) is 81.4 Å². The monoisotopic (exact) mass is 405 g/mol. The smallest absolute Gasteiger partial charge is 0.342 e. The molecule has 0 atom stereocenters. The molecule has 1 amide bonds. The first kappa shape index (κ1) is 19.8. The summed E-state index contributed by atoms with van der Waals surface area (Å²) in [5, 5.41) is 0. The van der Waals surface area contributed by atoms with E-state index in [0.717, 1.165) is 28.8 Å². The lowest BCUT2D eigenvalue weighted by Crippen LogP contribution is -2.37. The molecule has 0 N–H and O–H groups in total. The summed E-state index contributed by atoms with van der Waals surface area (Å²) in [7, 11) is -4.27. The standard InChI is InChI=1S/C19H20FN3O4S/c1-3-21(4-2)18(24)13-22-16-7-5-6-8-17(16)23(19(22)25)28(26,27)15-11-9-14(20)10-12-15/h5-12H,3-4,13H2,1-2H3. The van der Waals surface area contributed by atoms with E-state index in [9.17, 15) is 22.4 Å². The van der Waals surface area contributed by atoms with Gasteiger partial charge in [0.05, 0.1) is 15.9 Å². The molecular weight excluding hydrogens is 385 g/mol. The van der Waals surface area contributed by atoms with Crippen molar-refractivity contribution in [2.24, 2.45) is 0 Å². The normalized spacial score (nSPS) is 11.7. The molecule has 1 aromatic heterocycles. The Kier molecular flexibility index (Phi) is 5.37. The summed E-state index contributed by atoms with van der Waals surface area (Å²) in [6, 6.07) is 10.6. The third-order valence-electron chi connectivity index (χ3n) is 4.56. The molecule has 148 valence electrons. The lowest BCUT2D eigenvalue weighted by molar-refractivity contribution is -0.131. The number of likely N-dealkylation sites (N-methyl/N-ethyl adjacent to an activating group) is 1. The highest BCUT2D eigenvalue weighted by molar-refractivity contribution is 7.90. The Morgan fingerprint density at radius 2 is 1.57 bits per heavy atom. The average molecular weight is 405 g/mol. The highest BCUT2D eigenvalue weighted by atomic mass is 32.2. The predicted octanol–water partition coefficient (Wildman–Crippen LogP) is 2.05. The molecule has 3 rings (SSSR count). The second-order valence-corrected chi connectivity index (χ2v) is 7.93. The number of hydrogen-bond donors (Lipinski definition) is 0.